The largest absolute Gasteiger partial charge is 3.00 e. The zero-order chi connectivity index (χ0) is 42.1. The van der Waals surface area contributed by atoms with Gasteiger partial charge in [0.1, 0.15) is 0 Å². The van der Waals surface area contributed by atoms with E-state index in [9.17, 15) is 39.5 Å². The van der Waals surface area contributed by atoms with Crippen LogP contribution in [0, 0.1) is 0 Å². The first-order valence-electron chi connectivity index (χ1n) is 14.6. The van der Waals surface area contributed by atoms with Crippen molar-refractivity contribution in [2.45, 2.75) is 80.3 Å². The van der Waals surface area contributed by atoms with Crippen molar-refractivity contribution in [2.24, 2.45) is 0 Å². The van der Waals surface area contributed by atoms with E-state index in [4.69, 9.17) is 50.0 Å². The fraction of sp³-hybridized carbons (Fsp3) is 0.481. The van der Waals surface area contributed by atoms with Crippen LogP contribution >= 0.6 is 42.9 Å². The van der Waals surface area contributed by atoms with Crippen LogP contribution in [0.15, 0.2) is 69.6 Å². The molecule has 0 spiro atoms. The van der Waals surface area contributed by atoms with Gasteiger partial charge in [-0.25, -0.2) is 25.3 Å². The van der Waals surface area contributed by atoms with Crippen molar-refractivity contribution in [2.75, 3.05) is 0 Å². The summed E-state index contributed by atoms with van der Waals surface area (Å²) in [7, 11) is -20.6. The van der Waals surface area contributed by atoms with E-state index < -0.39 is 54.6 Å². The van der Waals surface area contributed by atoms with Crippen LogP contribution in [0.4, 0.5) is 39.5 Å². The molecule has 11 nitrogen and oxygen atoms in total. The second-order valence-electron chi connectivity index (χ2n) is 11.1. The first-order chi connectivity index (χ1) is 24.3. The summed E-state index contributed by atoms with van der Waals surface area (Å²) in [5, 5.41) is 0. The van der Waals surface area contributed by atoms with Crippen molar-refractivity contribution in [3.63, 3.8) is 0 Å². The Morgan fingerprint density at radius 3 is 1.15 bits per heavy atom. The Balaban J connectivity index is 0.000000954. The molecule has 4 rings (SSSR count). The average Bonchev–Trinajstić information content (AvgIpc) is 3.23. The monoisotopic (exact) mass is 1060 g/mol. The molecule has 2 aromatic carbocycles. The maximum absolute atomic E-state index is 10.7. The molecular formula is C27H29Br2ClF9N2O9S3ScSi. The number of rotatable bonds is 6. The maximum Gasteiger partial charge on any atom is 3.00 e. The van der Waals surface area contributed by atoms with Gasteiger partial charge in [0.15, 0.2) is 30.4 Å². The number of hydrogen-bond donors (Lipinski definition) is 0. The molecular weight excluding hydrogens is 1030 g/mol. The molecule has 1 saturated heterocycles. The molecule has 1 heterocycles. The molecule has 1 aliphatic carbocycles. The molecule has 0 bridgehead atoms. The minimum absolute atomic E-state index is 0. The summed E-state index contributed by atoms with van der Waals surface area (Å²) in [5.41, 5.74) is -14.2. The van der Waals surface area contributed by atoms with Crippen molar-refractivity contribution in [1.29, 1.82) is 0 Å². The van der Waals surface area contributed by atoms with Crippen LogP contribution < -0.4 is 0 Å². The topological polar surface area (TPSA) is 178 Å². The van der Waals surface area contributed by atoms with Crippen LogP contribution in [-0.4, -0.2) is 84.4 Å². The van der Waals surface area contributed by atoms with Gasteiger partial charge in [-0.2, -0.15) is 39.5 Å². The number of benzene rings is 2. The van der Waals surface area contributed by atoms with Crippen molar-refractivity contribution >= 4 is 81.0 Å². The Morgan fingerprint density at radius 1 is 0.673 bits per heavy atom. The van der Waals surface area contributed by atoms with E-state index in [1.165, 1.54) is 36.8 Å². The summed E-state index contributed by atoms with van der Waals surface area (Å²) in [6.45, 7) is 3.99. The molecule has 28 heteroatoms. The quantitative estimate of drug-likeness (QED) is 0.0690. The van der Waals surface area contributed by atoms with Crippen molar-refractivity contribution < 1.29 is 104 Å². The third kappa shape index (κ3) is 17.3. The molecule has 2 aliphatic rings. The van der Waals surface area contributed by atoms with Gasteiger partial charge in [-0.15, -0.1) is 11.1 Å². The van der Waals surface area contributed by atoms with Crippen LogP contribution in [0.3, 0.4) is 0 Å². The summed E-state index contributed by atoms with van der Waals surface area (Å²) in [4.78, 5) is 0. The fourth-order valence-electron chi connectivity index (χ4n) is 5.04. The molecule has 2 fully saturated rings. The predicted molar refractivity (Wildman–Crippen MR) is 184 cm³/mol. The molecule has 2 atom stereocenters. The van der Waals surface area contributed by atoms with Gasteiger partial charge in [-0.1, -0.05) is 81.1 Å². The molecule has 0 aromatic heterocycles. The van der Waals surface area contributed by atoms with Crippen LogP contribution in [0.2, 0.25) is 6.04 Å². The van der Waals surface area contributed by atoms with Gasteiger partial charge in [0.2, 0.25) is 0 Å². The van der Waals surface area contributed by atoms with Crippen LogP contribution in [0.5, 0.6) is 0 Å². The van der Waals surface area contributed by atoms with Gasteiger partial charge in [-0.05, 0) is 55.2 Å². The molecule has 0 unspecified atom stereocenters. The third-order valence-electron chi connectivity index (χ3n) is 7.37. The van der Waals surface area contributed by atoms with E-state index in [0.717, 1.165) is 28.1 Å². The molecule has 1 saturated carbocycles. The van der Waals surface area contributed by atoms with E-state index in [2.05, 4.69) is 109 Å². The number of alkyl halides is 9. The van der Waals surface area contributed by atoms with Crippen molar-refractivity contribution in [3.8, 4) is 0 Å². The molecule has 0 amide bonds. The molecule has 0 radical (unpaired) electrons. The maximum atomic E-state index is 10.7. The summed E-state index contributed by atoms with van der Waals surface area (Å²) >= 11 is 14.9. The predicted octanol–water partition coefficient (Wildman–Crippen LogP) is 7.75. The van der Waals surface area contributed by atoms with Gasteiger partial charge in [-0.3, -0.25) is 9.13 Å². The first-order valence-corrected chi connectivity index (χ1v) is 23.6. The van der Waals surface area contributed by atoms with Crippen molar-refractivity contribution in [3.05, 3.63) is 80.8 Å². The summed E-state index contributed by atoms with van der Waals surface area (Å²) < 4.78 is 184. The van der Waals surface area contributed by atoms with E-state index >= 15 is 0 Å². The average molecular weight is 1060 g/mol. The van der Waals surface area contributed by atoms with Gasteiger partial charge in [0, 0.05) is 40.2 Å². The molecule has 2 aromatic rings. The van der Waals surface area contributed by atoms with Crippen molar-refractivity contribution in [1.82, 2.24) is 9.13 Å². The van der Waals surface area contributed by atoms with Crippen LogP contribution in [0.1, 0.15) is 43.7 Å². The SMILES string of the molecule is C/C=C/C[Si]1(Cl)N(Cc2ccc(Br)cc2)[C@H]2CCCC[C@@H]2N1Cc1ccc(Br)cc1.O=S(=O)([O-])C(F)(F)F.O=S(=O)([O-])C(F)(F)F.O=S(=O)([O-])C(F)(F)F.[Sc+3]. The van der Waals surface area contributed by atoms with Crippen LogP contribution in [0.25, 0.3) is 0 Å². The number of allylic oxidation sites excluding steroid dienone is 2. The molecule has 310 valence electrons. The van der Waals surface area contributed by atoms with Gasteiger partial charge in [0.05, 0.1) is 0 Å². The summed E-state index contributed by atoms with van der Waals surface area (Å²) in [5.74, 6) is 0. The van der Waals surface area contributed by atoms with Gasteiger partial charge >= 0.3 is 50.1 Å². The van der Waals surface area contributed by atoms with E-state index in [0.29, 0.717) is 12.1 Å². The number of hydrogen-bond acceptors (Lipinski definition) is 11. The van der Waals surface area contributed by atoms with Crippen LogP contribution in [-0.2, 0) is 69.3 Å². The smallest absolute Gasteiger partial charge is 0.741 e. The zero-order valence-electron chi connectivity index (χ0n) is 27.8. The minimum atomic E-state index is -6.09. The van der Waals surface area contributed by atoms with Gasteiger partial charge < -0.3 is 13.7 Å². The summed E-state index contributed by atoms with van der Waals surface area (Å²) in [6.07, 6.45) is 9.60. The normalized spacial score (nSPS) is 19.4. The Morgan fingerprint density at radius 2 is 0.927 bits per heavy atom. The standard InChI is InChI=1S/C24H29Br2ClN2Si.3CHF3O3S.Sc/c1-2-3-16-30(27)28(17-19-8-12-21(25)13-9-19)23-6-4-5-7-24(23)29(30)18-20-10-14-22(26)15-11-20;3*2-1(3,4)8(5,6)7;/h2-3,8-15,23-24H,4-7,16-18H2,1H3;3*(H,5,6,7);/q;;;;+3/p-3/b3-2+;;;;/t23-,24-;;;;/m0..../s1. The first kappa shape index (κ1) is 54.5. The Kier molecular flexibility index (Phi) is 21.5. The van der Waals surface area contributed by atoms with E-state index in [1.807, 2.05) is 0 Å². The Bertz CT molecular complexity index is 1720. The fourth-order valence-corrected chi connectivity index (χ4v) is 10.8. The molecule has 55 heavy (non-hydrogen) atoms. The van der Waals surface area contributed by atoms with E-state index in [-0.39, 0.29) is 25.8 Å². The number of nitrogens with zero attached hydrogens (tertiary/aromatic N) is 2. The zero-order valence-corrected chi connectivity index (χ0v) is 37.0. The summed E-state index contributed by atoms with van der Waals surface area (Å²) in [6, 6.07) is 19.6. The molecule has 0 N–H and O–H groups in total. The minimum Gasteiger partial charge on any atom is -0.741 e. The second-order valence-corrected chi connectivity index (χ2v) is 21.9. The number of fused-ring (bicyclic) bond motifs is 1. The van der Waals surface area contributed by atoms with E-state index in [1.54, 1.807) is 0 Å². The third-order valence-corrected chi connectivity index (χ3v) is 15.4. The molecule has 1 aliphatic heterocycles. The second kappa shape index (κ2) is 21.7. The van der Waals surface area contributed by atoms with Gasteiger partial charge in [0.25, 0.3) is 0 Å². The Hall–Kier alpha value is -0.463. The Labute approximate surface area is 352 Å². The number of halogens is 12.